The fourth-order valence-electron chi connectivity index (χ4n) is 1.73. The van der Waals surface area contributed by atoms with Crippen LogP contribution in [0.3, 0.4) is 0 Å². The van der Waals surface area contributed by atoms with Crippen LogP contribution in [-0.2, 0) is 11.2 Å². The Bertz CT molecular complexity index is 441. The van der Waals surface area contributed by atoms with E-state index in [9.17, 15) is 4.79 Å². The Morgan fingerprint density at radius 3 is 2.80 bits per heavy atom. The van der Waals surface area contributed by atoms with Crippen molar-refractivity contribution in [3.8, 4) is 6.07 Å². The lowest BCUT2D eigenvalue weighted by Crippen LogP contribution is -2.01. The number of carboxylic acids is 1. The predicted molar refractivity (Wildman–Crippen MR) is 54.5 cm³/mol. The van der Waals surface area contributed by atoms with Crippen LogP contribution in [0.2, 0.25) is 0 Å². The number of carbonyl (C=O) groups is 1. The van der Waals surface area contributed by atoms with E-state index in [1.54, 1.807) is 12.1 Å². The Kier molecular flexibility index (Phi) is 2.42. The van der Waals surface area contributed by atoms with Crippen molar-refractivity contribution in [3.05, 3.63) is 34.9 Å². The van der Waals surface area contributed by atoms with Gasteiger partial charge in [-0.05, 0) is 36.0 Å². The third-order valence-electron chi connectivity index (χ3n) is 2.61. The van der Waals surface area contributed by atoms with Gasteiger partial charge in [-0.1, -0.05) is 12.1 Å². The zero-order chi connectivity index (χ0) is 10.8. The zero-order valence-electron chi connectivity index (χ0n) is 8.23. The van der Waals surface area contributed by atoms with E-state index in [0.29, 0.717) is 11.5 Å². The molecule has 0 saturated heterocycles. The van der Waals surface area contributed by atoms with Crippen molar-refractivity contribution in [1.82, 2.24) is 0 Å². The molecule has 1 aromatic carbocycles. The van der Waals surface area contributed by atoms with Crippen molar-refractivity contribution < 1.29 is 9.90 Å². The van der Waals surface area contributed by atoms with E-state index in [1.165, 1.54) is 0 Å². The van der Waals surface area contributed by atoms with Gasteiger partial charge in [-0.2, -0.15) is 5.26 Å². The second-order valence-electron chi connectivity index (χ2n) is 3.88. The summed E-state index contributed by atoms with van der Waals surface area (Å²) >= 11 is 0. The highest BCUT2D eigenvalue weighted by atomic mass is 16.4. The molecule has 1 saturated carbocycles. The van der Waals surface area contributed by atoms with E-state index in [0.717, 1.165) is 24.0 Å². The normalized spacial score (nSPS) is 14.6. The van der Waals surface area contributed by atoms with Crippen LogP contribution in [0.25, 0.3) is 0 Å². The highest BCUT2D eigenvalue weighted by Crippen LogP contribution is 2.41. The van der Waals surface area contributed by atoms with E-state index >= 15 is 0 Å². The number of hydrogen-bond acceptors (Lipinski definition) is 2. The second kappa shape index (κ2) is 3.74. The summed E-state index contributed by atoms with van der Waals surface area (Å²) in [7, 11) is 0. The first-order chi connectivity index (χ1) is 7.20. The van der Waals surface area contributed by atoms with Gasteiger partial charge in [-0.25, -0.2) is 0 Å². The van der Waals surface area contributed by atoms with Gasteiger partial charge in [0.05, 0.1) is 18.1 Å². The Morgan fingerprint density at radius 2 is 2.27 bits per heavy atom. The number of rotatable bonds is 3. The number of nitrogens with zero attached hydrogens (tertiary/aromatic N) is 1. The minimum absolute atomic E-state index is 0.0332. The van der Waals surface area contributed by atoms with Gasteiger partial charge in [0.15, 0.2) is 0 Å². The maximum Gasteiger partial charge on any atom is 0.307 e. The zero-order valence-corrected chi connectivity index (χ0v) is 8.23. The average Bonchev–Trinajstić information content (AvgIpc) is 3.00. The molecule has 0 bridgehead atoms. The molecule has 1 fully saturated rings. The molecule has 76 valence electrons. The van der Waals surface area contributed by atoms with E-state index < -0.39 is 5.97 Å². The highest BCUT2D eigenvalue weighted by Gasteiger charge is 2.26. The lowest BCUT2D eigenvalue weighted by Gasteiger charge is -2.04. The van der Waals surface area contributed by atoms with Crippen LogP contribution >= 0.6 is 0 Å². The third kappa shape index (κ3) is 2.16. The lowest BCUT2D eigenvalue weighted by molar-refractivity contribution is -0.136. The van der Waals surface area contributed by atoms with Crippen LogP contribution in [0.15, 0.2) is 18.2 Å². The molecule has 0 aliphatic heterocycles. The Labute approximate surface area is 88.0 Å². The van der Waals surface area contributed by atoms with Crippen molar-refractivity contribution in [2.45, 2.75) is 25.2 Å². The topological polar surface area (TPSA) is 61.1 Å². The summed E-state index contributed by atoms with van der Waals surface area (Å²) < 4.78 is 0. The molecule has 15 heavy (non-hydrogen) atoms. The highest BCUT2D eigenvalue weighted by molar-refractivity contribution is 5.70. The number of carboxylic acid groups (broad SMARTS) is 1. The van der Waals surface area contributed by atoms with Crippen molar-refractivity contribution >= 4 is 5.97 Å². The molecule has 0 atom stereocenters. The van der Waals surface area contributed by atoms with Gasteiger partial charge in [0.25, 0.3) is 0 Å². The molecular weight excluding hydrogens is 190 g/mol. The molecule has 1 aliphatic carbocycles. The molecule has 0 radical (unpaired) electrons. The number of nitriles is 1. The monoisotopic (exact) mass is 201 g/mol. The Balaban J connectivity index is 2.32. The number of benzene rings is 1. The molecule has 0 heterocycles. The summed E-state index contributed by atoms with van der Waals surface area (Å²) in [5, 5.41) is 17.6. The fraction of sp³-hybridized carbons (Fsp3) is 0.333. The van der Waals surface area contributed by atoms with Gasteiger partial charge in [0.2, 0.25) is 0 Å². The van der Waals surface area contributed by atoms with Gasteiger partial charge in [-0.15, -0.1) is 0 Å². The van der Waals surface area contributed by atoms with Crippen molar-refractivity contribution in [2.75, 3.05) is 0 Å². The summed E-state index contributed by atoms with van der Waals surface area (Å²) in [6, 6.07) is 7.46. The van der Waals surface area contributed by atoms with Crippen molar-refractivity contribution in [3.63, 3.8) is 0 Å². The molecule has 1 N–H and O–H groups in total. The summed E-state index contributed by atoms with van der Waals surface area (Å²) in [5.74, 6) is -0.352. The number of hydrogen-bond donors (Lipinski definition) is 1. The minimum atomic E-state index is -0.832. The molecule has 0 spiro atoms. The summed E-state index contributed by atoms with van der Waals surface area (Å²) in [5.41, 5.74) is 2.49. The molecule has 1 aromatic rings. The molecule has 3 nitrogen and oxygen atoms in total. The Morgan fingerprint density at radius 1 is 1.53 bits per heavy atom. The molecule has 0 aromatic heterocycles. The number of aliphatic carboxylic acids is 1. The first-order valence-electron chi connectivity index (χ1n) is 4.95. The predicted octanol–water partition coefficient (Wildman–Crippen LogP) is 2.06. The van der Waals surface area contributed by atoms with Crippen LogP contribution in [-0.4, -0.2) is 11.1 Å². The molecule has 0 amide bonds. The molecule has 0 unspecified atom stereocenters. The van der Waals surface area contributed by atoms with Gasteiger partial charge < -0.3 is 5.11 Å². The maximum absolute atomic E-state index is 10.6. The summed E-state index contributed by atoms with van der Waals surface area (Å²) in [6.45, 7) is 0. The van der Waals surface area contributed by atoms with Gasteiger partial charge >= 0.3 is 5.97 Å². The maximum atomic E-state index is 10.6. The SMILES string of the molecule is N#Cc1ccc(CC(=O)O)cc1C1CC1. The summed E-state index contributed by atoms with van der Waals surface area (Å²) in [4.78, 5) is 10.6. The second-order valence-corrected chi connectivity index (χ2v) is 3.88. The standard InChI is InChI=1S/C12H11NO2/c13-7-10-2-1-8(6-12(14)15)5-11(10)9-3-4-9/h1-2,5,9H,3-4,6H2,(H,14,15). The van der Waals surface area contributed by atoms with Crippen LogP contribution in [0.1, 0.15) is 35.4 Å². The molecule has 2 rings (SSSR count). The fourth-order valence-corrected chi connectivity index (χ4v) is 1.73. The Hall–Kier alpha value is -1.82. The molecular formula is C12H11NO2. The van der Waals surface area contributed by atoms with Gasteiger partial charge in [0, 0.05) is 0 Å². The molecule has 1 aliphatic rings. The van der Waals surface area contributed by atoms with E-state index in [1.807, 2.05) is 6.07 Å². The average molecular weight is 201 g/mol. The van der Waals surface area contributed by atoms with E-state index in [2.05, 4.69) is 6.07 Å². The third-order valence-corrected chi connectivity index (χ3v) is 2.61. The van der Waals surface area contributed by atoms with E-state index in [4.69, 9.17) is 10.4 Å². The molecule has 3 heteroatoms. The summed E-state index contributed by atoms with van der Waals surface area (Å²) in [6.07, 6.45) is 2.27. The lowest BCUT2D eigenvalue weighted by atomic mass is 9.99. The first kappa shape index (κ1) is 9.72. The van der Waals surface area contributed by atoms with Crippen LogP contribution < -0.4 is 0 Å². The van der Waals surface area contributed by atoms with E-state index in [-0.39, 0.29) is 6.42 Å². The van der Waals surface area contributed by atoms with Crippen molar-refractivity contribution in [2.24, 2.45) is 0 Å². The van der Waals surface area contributed by atoms with Gasteiger partial charge in [-0.3, -0.25) is 4.79 Å². The van der Waals surface area contributed by atoms with Gasteiger partial charge in [0.1, 0.15) is 0 Å². The van der Waals surface area contributed by atoms with Crippen LogP contribution in [0.5, 0.6) is 0 Å². The first-order valence-corrected chi connectivity index (χ1v) is 4.95. The largest absolute Gasteiger partial charge is 0.481 e. The smallest absolute Gasteiger partial charge is 0.307 e. The quantitative estimate of drug-likeness (QED) is 0.814. The van der Waals surface area contributed by atoms with Crippen LogP contribution in [0, 0.1) is 11.3 Å². The van der Waals surface area contributed by atoms with Crippen LogP contribution in [0.4, 0.5) is 0 Å². The van der Waals surface area contributed by atoms with Crippen molar-refractivity contribution in [1.29, 1.82) is 5.26 Å². The minimum Gasteiger partial charge on any atom is -0.481 e.